The minimum Gasteiger partial charge on any atom is -0.548 e. The fraction of sp³-hybridized carbons (Fsp3) is 0.972. The van der Waals surface area contributed by atoms with Crippen molar-refractivity contribution in [2.75, 3.05) is 13.1 Å². The van der Waals surface area contributed by atoms with Crippen molar-refractivity contribution in [2.45, 2.75) is 213 Å². The van der Waals surface area contributed by atoms with Crippen LogP contribution in [0.25, 0.3) is 0 Å². The number of aliphatic carboxylic acids is 1. The second-order valence-electron chi connectivity index (χ2n) is 12.5. The molecular formula is C36H72NNaO2. The van der Waals surface area contributed by atoms with Crippen molar-refractivity contribution < 1.29 is 39.5 Å². The van der Waals surface area contributed by atoms with E-state index < -0.39 is 5.97 Å². The van der Waals surface area contributed by atoms with E-state index in [4.69, 9.17) is 0 Å². The van der Waals surface area contributed by atoms with Gasteiger partial charge in [-0.15, -0.1) is 0 Å². The summed E-state index contributed by atoms with van der Waals surface area (Å²) in [5.41, 5.74) is 0. The molecule has 40 heavy (non-hydrogen) atoms. The van der Waals surface area contributed by atoms with Crippen molar-refractivity contribution in [3.8, 4) is 0 Å². The van der Waals surface area contributed by atoms with E-state index in [-0.39, 0.29) is 35.6 Å². The fourth-order valence-corrected chi connectivity index (χ4v) is 5.94. The largest absolute Gasteiger partial charge is 1.00 e. The first-order chi connectivity index (χ1) is 19.2. The SMILES string of the molecule is CCCCCCCCCCCCCCCN(CCCCCCCCCCCCCCC)C(CCCC)C(=O)[O-].[Na+]. The van der Waals surface area contributed by atoms with Gasteiger partial charge in [0.25, 0.3) is 0 Å². The number of hydrogen-bond donors (Lipinski definition) is 0. The fourth-order valence-electron chi connectivity index (χ4n) is 5.94. The molecule has 0 aromatic carbocycles. The smallest absolute Gasteiger partial charge is 0.548 e. The van der Waals surface area contributed by atoms with Crippen molar-refractivity contribution in [2.24, 2.45) is 0 Å². The minimum atomic E-state index is -0.854. The zero-order valence-electron chi connectivity index (χ0n) is 28.3. The second-order valence-corrected chi connectivity index (χ2v) is 12.5. The molecule has 0 aliphatic rings. The van der Waals surface area contributed by atoms with Crippen molar-refractivity contribution >= 4 is 5.97 Å². The number of hydrogen-bond acceptors (Lipinski definition) is 3. The van der Waals surface area contributed by atoms with Gasteiger partial charge in [-0.05, 0) is 32.4 Å². The Balaban J connectivity index is 0. The molecule has 0 spiro atoms. The molecule has 0 saturated heterocycles. The van der Waals surface area contributed by atoms with Crippen LogP contribution in [0.5, 0.6) is 0 Å². The topological polar surface area (TPSA) is 43.4 Å². The zero-order valence-corrected chi connectivity index (χ0v) is 30.3. The number of carbonyl (C=O) groups excluding carboxylic acids is 1. The van der Waals surface area contributed by atoms with Crippen LogP contribution in [0.3, 0.4) is 0 Å². The van der Waals surface area contributed by atoms with Gasteiger partial charge in [-0.25, -0.2) is 0 Å². The second kappa shape index (κ2) is 35.6. The predicted octanol–water partition coefficient (Wildman–Crippen LogP) is 7.78. The Morgan fingerprint density at radius 2 is 0.700 bits per heavy atom. The molecule has 4 heteroatoms. The quantitative estimate of drug-likeness (QED) is 0.0595. The van der Waals surface area contributed by atoms with Crippen LogP contribution in [0.1, 0.15) is 207 Å². The Hall–Kier alpha value is 0.430. The molecule has 234 valence electrons. The number of unbranched alkanes of at least 4 members (excludes halogenated alkanes) is 25. The van der Waals surface area contributed by atoms with Crippen molar-refractivity contribution in [3.05, 3.63) is 0 Å². The van der Waals surface area contributed by atoms with Gasteiger partial charge in [0.1, 0.15) is 0 Å². The monoisotopic (exact) mass is 574 g/mol. The van der Waals surface area contributed by atoms with Gasteiger partial charge in [-0.1, -0.05) is 188 Å². The Morgan fingerprint density at radius 1 is 0.450 bits per heavy atom. The summed E-state index contributed by atoms with van der Waals surface area (Å²) >= 11 is 0. The van der Waals surface area contributed by atoms with Gasteiger partial charge in [0.2, 0.25) is 0 Å². The Labute approximate surface area is 275 Å². The van der Waals surface area contributed by atoms with E-state index in [0.717, 1.165) is 45.2 Å². The van der Waals surface area contributed by atoms with E-state index in [2.05, 4.69) is 25.7 Å². The molecule has 1 atom stereocenters. The third-order valence-electron chi connectivity index (χ3n) is 8.64. The Morgan fingerprint density at radius 3 is 0.950 bits per heavy atom. The van der Waals surface area contributed by atoms with Crippen LogP contribution in [0.2, 0.25) is 0 Å². The molecule has 0 rings (SSSR count). The van der Waals surface area contributed by atoms with Gasteiger partial charge in [-0.2, -0.15) is 0 Å². The van der Waals surface area contributed by atoms with E-state index in [1.54, 1.807) is 0 Å². The summed E-state index contributed by atoms with van der Waals surface area (Å²) in [4.78, 5) is 14.2. The Kier molecular flexibility index (Phi) is 37.9. The number of carbonyl (C=O) groups is 1. The summed E-state index contributed by atoms with van der Waals surface area (Å²) in [6, 6.07) is -0.389. The van der Waals surface area contributed by atoms with Crippen LogP contribution in [-0.2, 0) is 4.79 Å². The van der Waals surface area contributed by atoms with Gasteiger partial charge >= 0.3 is 29.6 Å². The molecular weight excluding hydrogens is 501 g/mol. The number of nitrogens with zero attached hydrogens (tertiary/aromatic N) is 1. The molecule has 0 aromatic heterocycles. The summed E-state index contributed by atoms with van der Waals surface area (Å²) in [6.07, 6.45) is 38.0. The maximum absolute atomic E-state index is 12.0. The molecule has 0 aliphatic carbocycles. The van der Waals surface area contributed by atoms with E-state index in [1.165, 1.54) is 154 Å². The summed E-state index contributed by atoms with van der Waals surface area (Å²) < 4.78 is 0. The normalized spacial score (nSPS) is 12.1. The molecule has 1 unspecified atom stereocenters. The van der Waals surface area contributed by atoms with Crippen LogP contribution in [0, 0.1) is 0 Å². The predicted molar refractivity (Wildman–Crippen MR) is 171 cm³/mol. The Bertz CT molecular complexity index is 457. The summed E-state index contributed by atoms with van der Waals surface area (Å²) in [5.74, 6) is -0.854. The average molecular weight is 574 g/mol. The van der Waals surface area contributed by atoms with Crippen LogP contribution in [0.4, 0.5) is 0 Å². The molecule has 3 nitrogen and oxygen atoms in total. The van der Waals surface area contributed by atoms with E-state index >= 15 is 0 Å². The van der Waals surface area contributed by atoms with Gasteiger partial charge in [0.05, 0.1) is 5.97 Å². The molecule has 0 amide bonds. The molecule has 0 saturated carbocycles. The third kappa shape index (κ3) is 29.9. The summed E-state index contributed by atoms with van der Waals surface area (Å²) in [5, 5.41) is 12.0. The van der Waals surface area contributed by atoms with E-state index in [0.29, 0.717) is 0 Å². The summed E-state index contributed by atoms with van der Waals surface area (Å²) in [6.45, 7) is 8.57. The summed E-state index contributed by atoms with van der Waals surface area (Å²) in [7, 11) is 0. The molecule has 0 aliphatic heterocycles. The van der Waals surface area contributed by atoms with Crippen LogP contribution < -0.4 is 34.7 Å². The number of rotatable bonds is 33. The average Bonchev–Trinajstić information content (AvgIpc) is 2.93. The van der Waals surface area contributed by atoms with E-state index in [1.807, 2.05) is 0 Å². The van der Waals surface area contributed by atoms with Gasteiger partial charge in [-0.3, -0.25) is 4.90 Å². The van der Waals surface area contributed by atoms with Crippen LogP contribution in [0.15, 0.2) is 0 Å². The van der Waals surface area contributed by atoms with Crippen molar-refractivity contribution in [1.82, 2.24) is 4.90 Å². The first-order valence-corrected chi connectivity index (χ1v) is 18.1. The molecule has 0 N–H and O–H groups in total. The van der Waals surface area contributed by atoms with E-state index in [9.17, 15) is 9.90 Å². The number of carboxylic acid groups (broad SMARTS) is 1. The minimum absolute atomic E-state index is 0. The molecule has 0 fully saturated rings. The number of carboxylic acids is 1. The maximum Gasteiger partial charge on any atom is 1.00 e. The molecule has 0 radical (unpaired) electrons. The molecule has 0 bridgehead atoms. The maximum atomic E-state index is 12.0. The van der Waals surface area contributed by atoms with Gasteiger partial charge in [0, 0.05) is 6.04 Å². The first kappa shape index (κ1) is 42.6. The third-order valence-corrected chi connectivity index (χ3v) is 8.64. The van der Waals surface area contributed by atoms with Crippen molar-refractivity contribution in [1.29, 1.82) is 0 Å². The standard InChI is InChI=1S/C36H73NO2.Na/c1-4-7-10-12-14-16-18-20-22-24-26-28-30-33-37(35(36(38)39)32-9-6-3)34-31-29-27-25-23-21-19-17-15-13-11-8-5-2;/h35H,4-34H2,1-3H3,(H,38,39);/q;+1/p-1. The van der Waals surface area contributed by atoms with Gasteiger partial charge in [0.15, 0.2) is 0 Å². The zero-order chi connectivity index (χ0) is 28.7. The van der Waals surface area contributed by atoms with Gasteiger partial charge < -0.3 is 9.90 Å². The van der Waals surface area contributed by atoms with Crippen LogP contribution >= 0.6 is 0 Å². The molecule has 0 heterocycles. The van der Waals surface area contributed by atoms with Crippen LogP contribution in [-0.4, -0.2) is 30.0 Å². The first-order valence-electron chi connectivity index (χ1n) is 18.1. The molecule has 0 aromatic rings. The van der Waals surface area contributed by atoms with Crippen molar-refractivity contribution in [3.63, 3.8) is 0 Å².